The fraction of sp³-hybridized carbons (Fsp3) is 0.471. The van der Waals surface area contributed by atoms with Crippen LogP contribution in [-0.2, 0) is 0 Å². The standard InChI is InChI=1S/C17H23NO2/c1-5-18(13(2)3)17(20)16-10-9-14(4)12-15(16)8-6-7-11-19/h9-10,12-13,19H,5,7,11H2,1-4H3. The number of aliphatic hydroxyl groups is 1. The second kappa shape index (κ2) is 7.72. The van der Waals surface area contributed by atoms with Gasteiger partial charge in [-0.2, -0.15) is 0 Å². The van der Waals surface area contributed by atoms with Crippen LogP contribution in [0.5, 0.6) is 0 Å². The number of amides is 1. The first kappa shape index (κ1) is 16.3. The highest BCUT2D eigenvalue weighted by atomic mass is 16.2. The molecule has 0 fully saturated rings. The van der Waals surface area contributed by atoms with E-state index < -0.39 is 0 Å². The molecule has 20 heavy (non-hydrogen) atoms. The maximum absolute atomic E-state index is 12.6. The zero-order chi connectivity index (χ0) is 15.1. The van der Waals surface area contributed by atoms with Gasteiger partial charge in [-0.1, -0.05) is 17.9 Å². The van der Waals surface area contributed by atoms with Crippen molar-refractivity contribution in [3.8, 4) is 11.8 Å². The third-order valence-corrected chi connectivity index (χ3v) is 3.09. The predicted molar refractivity (Wildman–Crippen MR) is 81.6 cm³/mol. The van der Waals surface area contributed by atoms with E-state index in [9.17, 15) is 4.79 Å². The molecule has 3 nitrogen and oxygen atoms in total. The Morgan fingerprint density at radius 3 is 2.65 bits per heavy atom. The van der Waals surface area contributed by atoms with Crippen molar-refractivity contribution in [2.24, 2.45) is 0 Å². The highest BCUT2D eigenvalue weighted by Gasteiger charge is 2.19. The monoisotopic (exact) mass is 273 g/mol. The quantitative estimate of drug-likeness (QED) is 0.857. The lowest BCUT2D eigenvalue weighted by Crippen LogP contribution is -2.37. The van der Waals surface area contributed by atoms with E-state index in [4.69, 9.17) is 5.11 Å². The molecular formula is C17H23NO2. The highest BCUT2D eigenvalue weighted by Crippen LogP contribution is 2.15. The van der Waals surface area contributed by atoms with Crippen molar-refractivity contribution < 1.29 is 9.90 Å². The minimum absolute atomic E-state index is 0.01000. The Bertz CT molecular complexity index is 524. The van der Waals surface area contributed by atoms with Crippen molar-refractivity contribution in [2.45, 2.75) is 40.2 Å². The van der Waals surface area contributed by atoms with Crippen molar-refractivity contribution in [3.05, 3.63) is 34.9 Å². The molecule has 3 heteroatoms. The van der Waals surface area contributed by atoms with E-state index in [-0.39, 0.29) is 18.6 Å². The number of hydrogen-bond acceptors (Lipinski definition) is 2. The number of benzene rings is 1. The van der Waals surface area contributed by atoms with Crippen LogP contribution in [0, 0.1) is 18.8 Å². The molecule has 1 N–H and O–H groups in total. The minimum Gasteiger partial charge on any atom is -0.395 e. The summed E-state index contributed by atoms with van der Waals surface area (Å²) in [6, 6.07) is 5.85. The summed E-state index contributed by atoms with van der Waals surface area (Å²) in [7, 11) is 0. The molecule has 0 atom stereocenters. The first-order valence-electron chi connectivity index (χ1n) is 7.02. The van der Waals surface area contributed by atoms with Gasteiger partial charge in [0.15, 0.2) is 0 Å². The maximum Gasteiger partial charge on any atom is 0.255 e. The summed E-state index contributed by atoms with van der Waals surface area (Å²) < 4.78 is 0. The summed E-state index contributed by atoms with van der Waals surface area (Å²) in [6.45, 7) is 8.68. The van der Waals surface area contributed by atoms with E-state index in [1.807, 2.05) is 50.8 Å². The Morgan fingerprint density at radius 1 is 1.40 bits per heavy atom. The first-order valence-corrected chi connectivity index (χ1v) is 7.02. The second-order valence-corrected chi connectivity index (χ2v) is 5.01. The molecule has 0 saturated carbocycles. The van der Waals surface area contributed by atoms with Gasteiger partial charge in [-0.15, -0.1) is 0 Å². The van der Waals surface area contributed by atoms with Crippen molar-refractivity contribution in [2.75, 3.05) is 13.2 Å². The molecule has 0 saturated heterocycles. The Kier molecular flexibility index (Phi) is 6.27. The third kappa shape index (κ3) is 4.11. The topological polar surface area (TPSA) is 40.5 Å². The molecule has 1 aromatic carbocycles. The Morgan fingerprint density at radius 2 is 2.10 bits per heavy atom. The van der Waals surface area contributed by atoms with E-state index in [1.165, 1.54) is 0 Å². The van der Waals surface area contributed by atoms with E-state index in [2.05, 4.69) is 11.8 Å². The van der Waals surface area contributed by atoms with Crippen LogP contribution in [0.3, 0.4) is 0 Å². The molecule has 0 aliphatic heterocycles. The van der Waals surface area contributed by atoms with Gasteiger partial charge in [0.2, 0.25) is 0 Å². The molecule has 0 heterocycles. The zero-order valence-electron chi connectivity index (χ0n) is 12.7. The molecule has 1 aromatic rings. The van der Waals surface area contributed by atoms with E-state index >= 15 is 0 Å². The Labute approximate surface area is 121 Å². The molecule has 1 amide bonds. The largest absolute Gasteiger partial charge is 0.395 e. The number of carbonyl (C=O) groups excluding carboxylic acids is 1. The third-order valence-electron chi connectivity index (χ3n) is 3.09. The average Bonchev–Trinajstić information content (AvgIpc) is 2.39. The summed E-state index contributed by atoms with van der Waals surface area (Å²) in [5.74, 6) is 5.90. The van der Waals surface area contributed by atoms with Crippen LogP contribution in [0.15, 0.2) is 18.2 Å². The number of carbonyl (C=O) groups is 1. The van der Waals surface area contributed by atoms with E-state index in [0.29, 0.717) is 18.5 Å². The maximum atomic E-state index is 12.6. The molecule has 0 unspecified atom stereocenters. The lowest BCUT2D eigenvalue weighted by molar-refractivity contribution is 0.0716. The summed E-state index contributed by atoms with van der Waals surface area (Å²) in [4.78, 5) is 14.4. The zero-order valence-corrected chi connectivity index (χ0v) is 12.7. The van der Waals surface area contributed by atoms with Crippen LogP contribution in [0.4, 0.5) is 0 Å². The van der Waals surface area contributed by atoms with Gasteiger partial charge in [-0.3, -0.25) is 4.79 Å². The van der Waals surface area contributed by atoms with E-state index in [0.717, 1.165) is 11.1 Å². The number of nitrogens with zero attached hydrogens (tertiary/aromatic N) is 1. The normalized spacial score (nSPS) is 10.1. The molecule has 0 aromatic heterocycles. The van der Waals surface area contributed by atoms with Gasteiger partial charge < -0.3 is 10.0 Å². The fourth-order valence-electron chi connectivity index (χ4n) is 2.06. The first-order chi connectivity index (χ1) is 9.51. The number of aliphatic hydroxyl groups excluding tert-OH is 1. The fourth-order valence-corrected chi connectivity index (χ4v) is 2.06. The van der Waals surface area contributed by atoms with Gasteiger partial charge >= 0.3 is 0 Å². The second-order valence-electron chi connectivity index (χ2n) is 5.01. The lowest BCUT2D eigenvalue weighted by atomic mass is 10.0. The molecular weight excluding hydrogens is 250 g/mol. The van der Waals surface area contributed by atoms with E-state index in [1.54, 1.807) is 0 Å². The molecule has 0 spiro atoms. The summed E-state index contributed by atoms with van der Waals surface area (Å²) in [5.41, 5.74) is 2.45. The van der Waals surface area contributed by atoms with Gasteiger partial charge in [0, 0.05) is 24.6 Å². The van der Waals surface area contributed by atoms with Gasteiger partial charge in [0.25, 0.3) is 5.91 Å². The van der Waals surface area contributed by atoms with Gasteiger partial charge in [-0.05, 0) is 45.4 Å². The Balaban J connectivity index is 3.17. The number of rotatable bonds is 4. The van der Waals surface area contributed by atoms with Crippen LogP contribution < -0.4 is 0 Å². The number of hydrogen-bond donors (Lipinski definition) is 1. The van der Waals surface area contributed by atoms with Gasteiger partial charge in [0.1, 0.15) is 0 Å². The van der Waals surface area contributed by atoms with Crippen LogP contribution in [0.1, 0.15) is 48.7 Å². The smallest absolute Gasteiger partial charge is 0.255 e. The van der Waals surface area contributed by atoms with Crippen LogP contribution >= 0.6 is 0 Å². The molecule has 0 radical (unpaired) electrons. The summed E-state index contributed by atoms with van der Waals surface area (Å²) >= 11 is 0. The average molecular weight is 273 g/mol. The van der Waals surface area contributed by atoms with Crippen LogP contribution in [-0.4, -0.2) is 35.1 Å². The Hall–Kier alpha value is -1.79. The molecule has 1 rings (SSSR count). The summed E-state index contributed by atoms with van der Waals surface area (Å²) in [5, 5.41) is 8.80. The highest BCUT2D eigenvalue weighted by molar-refractivity contribution is 5.97. The predicted octanol–water partition coefficient (Wildman–Crippen LogP) is 2.60. The van der Waals surface area contributed by atoms with Crippen molar-refractivity contribution in [3.63, 3.8) is 0 Å². The number of aryl methyl sites for hydroxylation is 1. The molecule has 0 aliphatic carbocycles. The molecule has 108 valence electrons. The van der Waals surface area contributed by atoms with Crippen molar-refractivity contribution in [1.82, 2.24) is 4.90 Å². The lowest BCUT2D eigenvalue weighted by Gasteiger charge is -2.25. The SMILES string of the molecule is CCN(C(=O)c1ccc(C)cc1C#CCCO)C(C)C. The summed E-state index contributed by atoms with van der Waals surface area (Å²) in [6.07, 6.45) is 0.420. The van der Waals surface area contributed by atoms with Crippen LogP contribution in [0.2, 0.25) is 0 Å². The van der Waals surface area contributed by atoms with Gasteiger partial charge in [0.05, 0.1) is 12.2 Å². The van der Waals surface area contributed by atoms with Crippen LogP contribution in [0.25, 0.3) is 0 Å². The minimum atomic E-state index is 0.01000. The van der Waals surface area contributed by atoms with Gasteiger partial charge in [-0.25, -0.2) is 0 Å². The van der Waals surface area contributed by atoms with Crippen molar-refractivity contribution in [1.29, 1.82) is 0 Å². The van der Waals surface area contributed by atoms with Crippen molar-refractivity contribution >= 4 is 5.91 Å². The molecule has 0 bridgehead atoms. The molecule has 0 aliphatic rings.